The number of hydrogen-bond acceptors (Lipinski definition) is 3. The average molecular weight is 381 g/mol. The van der Waals surface area contributed by atoms with Gasteiger partial charge in [0, 0.05) is 6.08 Å². The quantitative estimate of drug-likeness (QED) is 0.265. The Bertz CT molecular complexity index is 162. The molecular weight excluding hydrogens is 372 g/mol. The molecule has 0 heterocycles. The lowest BCUT2D eigenvalue weighted by molar-refractivity contribution is -0.114. The van der Waals surface area contributed by atoms with Gasteiger partial charge in [0.05, 0.1) is 12.9 Å². The van der Waals surface area contributed by atoms with Crippen LogP contribution >= 0.6 is 45.2 Å². The Balaban J connectivity index is 3.88. The van der Waals surface area contributed by atoms with Gasteiger partial charge >= 0.3 is 0 Å². The van der Waals surface area contributed by atoms with Gasteiger partial charge in [-0.15, -0.1) is 0 Å². The number of ether oxygens (including phenoxy) is 1. The van der Waals surface area contributed by atoms with Crippen molar-refractivity contribution in [3.05, 3.63) is 12.3 Å². The maximum Gasteiger partial charge on any atom is 0.198 e. The summed E-state index contributed by atoms with van der Waals surface area (Å²) < 4.78 is 3.98. The summed E-state index contributed by atoms with van der Waals surface area (Å²) >= 11 is 3.72. The van der Waals surface area contributed by atoms with Gasteiger partial charge in [0.1, 0.15) is 0 Å². The average Bonchev–Trinajstić information content (AvgIpc) is 1.86. The Kier molecular flexibility index (Phi) is 5.61. The summed E-state index contributed by atoms with van der Waals surface area (Å²) in [6, 6.07) is 0. The summed E-state index contributed by atoms with van der Waals surface area (Å²) in [7, 11) is 0. The lowest BCUT2D eigenvalue weighted by Gasteiger charge is -2.08. The van der Waals surface area contributed by atoms with E-state index in [0.717, 1.165) is 0 Å². The highest BCUT2D eigenvalue weighted by Gasteiger charge is 2.23. The summed E-state index contributed by atoms with van der Waals surface area (Å²) in [5.74, 6) is -0.160. The molecule has 0 fully saturated rings. The third kappa shape index (κ3) is 5.85. The largest absolute Gasteiger partial charge is 0.501 e. The number of hydrogen-bond donors (Lipinski definition) is 1. The number of alkyl halides is 2. The molecule has 0 saturated heterocycles. The predicted molar refractivity (Wildman–Crippen MR) is 60.7 cm³/mol. The van der Waals surface area contributed by atoms with Gasteiger partial charge in [-0.25, -0.2) is 0 Å². The Morgan fingerprint density at radius 2 is 2.27 bits per heavy atom. The molecule has 64 valence electrons. The number of carbonyl (C=O) groups is 1. The monoisotopic (exact) mass is 381 g/mol. The van der Waals surface area contributed by atoms with E-state index >= 15 is 0 Å². The normalized spacial score (nSPS) is 12.0. The van der Waals surface area contributed by atoms with Crippen LogP contribution in [0.4, 0.5) is 0 Å². The van der Waals surface area contributed by atoms with Crippen LogP contribution in [0.1, 0.15) is 6.92 Å². The first-order valence-corrected chi connectivity index (χ1v) is 5.13. The minimum atomic E-state index is -0.858. The first-order valence-electron chi connectivity index (χ1n) is 2.97. The second-order valence-electron chi connectivity index (χ2n) is 1.75. The molecule has 0 aromatic heterocycles. The minimum Gasteiger partial charge on any atom is -0.501 e. The Labute approximate surface area is 93.0 Å². The molecule has 0 spiro atoms. The highest BCUT2D eigenvalue weighted by atomic mass is 127. The topological polar surface area (TPSA) is 52.3 Å². The fourth-order valence-electron chi connectivity index (χ4n) is 0.317. The van der Waals surface area contributed by atoms with E-state index < -0.39 is 1.55 Å². The zero-order chi connectivity index (χ0) is 8.91. The molecule has 0 unspecified atom stereocenters. The maximum absolute atomic E-state index is 11.0. The van der Waals surface area contributed by atoms with Gasteiger partial charge in [-0.1, -0.05) is 0 Å². The van der Waals surface area contributed by atoms with Crippen LogP contribution in [0.2, 0.25) is 0 Å². The van der Waals surface area contributed by atoms with Crippen molar-refractivity contribution in [3.63, 3.8) is 0 Å². The maximum atomic E-state index is 11.0. The minimum absolute atomic E-state index is 0.160. The molecule has 0 amide bonds. The third-order valence-electron chi connectivity index (χ3n) is 0.811. The molecule has 0 atom stereocenters. The number of rotatable bonds is 4. The van der Waals surface area contributed by atoms with Gasteiger partial charge in [0.2, 0.25) is 0 Å². The SMILES string of the molecule is CCO/C=C/C(=O)C(N)(I)I. The summed E-state index contributed by atoms with van der Waals surface area (Å²) in [5, 5.41) is 0. The third-order valence-corrected chi connectivity index (χ3v) is 1.87. The lowest BCUT2D eigenvalue weighted by atomic mass is 10.4. The zero-order valence-electron chi connectivity index (χ0n) is 6.01. The van der Waals surface area contributed by atoms with Crippen LogP contribution in [0.25, 0.3) is 0 Å². The van der Waals surface area contributed by atoms with Crippen molar-refractivity contribution in [1.82, 2.24) is 0 Å². The molecule has 0 aliphatic rings. The predicted octanol–water partition coefficient (Wildman–Crippen LogP) is 1.59. The van der Waals surface area contributed by atoms with Crippen LogP contribution in [-0.2, 0) is 9.53 Å². The number of halogens is 2. The van der Waals surface area contributed by atoms with Crippen LogP contribution in [-0.4, -0.2) is 13.9 Å². The van der Waals surface area contributed by atoms with Crippen LogP contribution in [0.5, 0.6) is 0 Å². The fourth-order valence-corrected chi connectivity index (χ4v) is 0.677. The molecule has 0 aliphatic carbocycles. The number of nitrogens with two attached hydrogens (primary N) is 1. The molecule has 0 radical (unpaired) electrons. The van der Waals surface area contributed by atoms with Gasteiger partial charge in [0.25, 0.3) is 0 Å². The van der Waals surface area contributed by atoms with Crippen molar-refractivity contribution in [3.8, 4) is 0 Å². The van der Waals surface area contributed by atoms with Gasteiger partial charge in [-0.3, -0.25) is 4.79 Å². The number of carbonyl (C=O) groups excluding carboxylic acids is 1. The smallest absolute Gasteiger partial charge is 0.198 e. The molecule has 2 N–H and O–H groups in total. The Morgan fingerprint density at radius 3 is 2.64 bits per heavy atom. The summed E-state index contributed by atoms with van der Waals surface area (Å²) in [5.41, 5.74) is 5.48. The number of ketones is 1. The standard InChI is InChI=1S/C6H9I2NO2/c1-2-11-4-3-5(10)6(7,8)9/h3-4H,2,9H2,1H3/b4-3+. The van der Waals surface area contributed by atoms with E-state index in [2.05, 4.69) is 0 Å². The van der Waals surface area contributed by atoms with E-state index in [9.17, 15) is 4.79 Å². The van der Waals surface area contributed by atoms with Gasteiger partial charge < -0.3 is 10.5 Å². The van der Waals surface area contributed by atoms with E-state index in [1.807, 2.05) is 52.1 Å². The molecule has 0 bridgehead atoms. The van der Waals surface area contributed by atoms with Crippen molar-refractivity contribution < 1.29 is 9.53 Å². The van der Waals surface area contributed by atoms with Crippen molar-refractivity contribution in [2.24, 2.45) is 5.73 Å². The summed E-state index contributed by atoms with van der Waals surface area (Å²) in [6.45, 7) is 2.41. The van der Waals surface area contributed by atoms with Crippen molar-refractivity contribution in [2.75, 3.05) is 6.61 Å². The van der Waals surface area contributed by atoms with Crippen LogP contribution in [0.3, 0.4) is 0 Å². The van der Waals surface area contributed by atoms with E-state index in [1.165, 1.54) is 12.3 Å². The first kappa shape index (κ1) is 11.6. The van der Waals surface area contributed by atoms with Crippen LogP contribution < -0.4 is 5.73 Å². The van der Waals surface area contributed by atoms with Crippen molar-refractivity contribution in [2.45, 2.75) is 8.48 Å². The fraction of sp³-hybridized carbons (Fsp3) is 0.500. The lowest BCUT2D eigenvalue weighted by Crippen LogP contribution is -2.32. The molecule has 3 nitrogen and oxygen atoms in total. The molecule has 5 heteroatoms. The Morgan fingerprint density at radius 1 is 1.73 bits per heavy atom. The van der Waals surface area contributed by atoms with Crippen molar-refractivity contribution >= 4 is 51.0 Å². The molecule has 0 rings (SSSR count). The second kappa shape index (κ2) is 5.31. The van der Waals surface area contributed by atoms with E-state index in [1.54, 1.807) is 0 Å². The second-order valence-corrected chi connectivity index (χ2v) is 7.21. The van der Waals surface area contributed by atoms with Crippen LogP contribution in [0.15, 0.2) is 12.3 Å². The first-order chi connectivity index (χ1) is 4.98. The van der Waals surface area contributed by atoms with E-state index in [0.29, 0.717) is 6.61 Å². The highest BCUT2D eigenvalue weighted by molar-refractivity contribution is 14.2. The van der Waals surface area contributed by atoms with Gasteiger partial charge in [0.15, 0.2) is 7.34 Å². The van der Waals surface area contributed by atoms with Crippen LogP contribution in [0, 0.1) is 0 Å². The van der Waals surface area contributed by atoms with Gasteiger partial charge in [-0.2, -0.15) is 0 Å². The molecule has 0 aliphatic heterocycles. The molecule has 11 heavy (non-hydrogen) atoms. The van der Waals surface area contributed by atoms with Crippen molar-refractivity contribution in [1.29, 1.82) is 0 Å². The molecule has 0 saturated carbocycles. The van der Waals surface area contributed by atoms with E-state index in [4.69, 9.17) is 10.5 Å². The summed E-state index contributed by atoms with van der Waals surface area (Å²) in [6.07, 6.45) is 2.70. The summed E-state index contributed by atoms with van der Waals surface area (Å²) in [4.78, 5) is 11.0. The molecule has 0 aromatic rings. The Hall–Kier alpha value is 0.630. The molecule has 0 aromatic carbocycles. The van der Waals surface area contributed by atoms with Gasteiger partial charge in [-0.05, 0) is 52.1 Å². The highest BCUT2D eigenvalue weighted by Crippen LogP contribution is 2.21. The zero-order valence-corrected chi connectivity index (χ0v) is 10.3. The van der Waals surface area contributed by atoms with E-state index in [-0.39, 0.29) is 5.78 Å². The molecular formula is C6H9I2NO2.